The van der Waals surface area contributed by atoms with Crippen molar-refractivity contribution in [1.29, 1.82) is 0 Å². The summed E-state index contributed by atoms with van der Waals surface area (Å²) in [6.45, 7) is 13.0. The van der Waals surface area contributed by atoms with Crippen molar-refractivity contribution >= 4 is 29.8 Å². The van der Waals surface area contributed by atoms with Gasteiger partial charge < -0.3 is 38.6 Å². The fraction of sp³-hybridized carbons (Fsp3) is 0.694. The van der Waals surface area contributed by atoms with E-state index < -0.39 is 113 Å². The van der Waals surface area contributed by atoms with Crippen molar-refractivity contribution in [2.75, 3.05) is 6.61 Å². The van der Waals surface area contributed by atoms with Crippen molar-refractivity contribution in [3.8, 4) is 0 Å². The summed E-state index contributed by atoms with van der Waals surface area (Å²) in [5.41, 5.74) is -7.83. The van der Waals surface area contributed by atoms with Crippen LogP contribution < -0.4 is 0 Å². The molecule has 0 radical (unpaired) electrons. The van der Waals surface area contributed by atoms with Crippen molar-refractivity contribution in [2.45, 2.75) is 129 Å². The Morgan fingerprint density at radius 2 is 1.39 bits per heavy atom. The quantitative estimate of drug-likeness (QED) is 0.255. The standard InChI is InChI=1S/C36H50O13/c1-10-19(3)30(40)44-18-35-27(45-21(5)37)24(39)17-34(9,43)36(35)28(46-22(6)38)25(33(7,8)49-36)26(47-31(41)20(4)11-2)29(35)48-32(42)23-15-13-12-14-16-23/h12-16,19-20,24-29,39,43H,10-11,17-18H2,1-9H3. The number of esters is 5. The van der Waals surface area contributed by atoms with Gasteiger partial charge >= 0.3 is 29.8 Å². The number of aliphatic hydroxyl groups excluding tert-OH is 1. The second-order valence-corrected chi connectivity index (χ2v) is 14.4. The summed E-state index contributed by atoms with van der Waals surface area (Å²) >= 11 is 0. The molecule has 2 aliphatic carbocycles. The average Bonchev–Trinajstić information content (AvgIpc) is 3.23. The molecule has 3 aliphatic rings. The molecule has 1 aliphatic heterocycles. The summed E-state index contributed by atoms with van der Waals surface area (Å²) in [5.74, 6) is -6.21. The first-order chi connectivity index (χ1) is 22.8. The Bertz CT molecular complexity index is 1420. The van der Waals surface area contributed by atoms with E-state index in [2.05, 4.69) is 0 Å². The lowest BCUT2D eigenvalue weighted by atomic mass is 9.45. The Kier molecular flexibility index (Phi) is 10.9. The fourth-order valence-corrected chi connectivity index (χ4v) is 8.03. The van der Waals surface area contributed by atoms with Gasteiger partial charge in [-0.1, -0.05) is 45.9 Å². The third-order valence-corrected chi connectivity index (χ3v) is 10.6. The molecule has 0 amide bonds. The van der Waals surface area contributed by atoms with Crippen LogP contribution in [-0.4, -0.2) is 94.0 Å². The molecule has 4 rings (SSSR count). The topological polar surface area (TPSA) is 181 Å². The van der Waals surface area contributed by atoms with Gasteiger partial charge in [-0.05, 0) is 45.7 Å². The van der Waals surface area contributed by atoms with E-state index in [1.54, 1.807) is 59.7 Å². The van der Waals surface area contributed by atoms with Crippen LogP contribution in [0, 0.1) is 23.2 Å². The smallest absolute Gasteiger partial charge is 0.338 e. The molecule has 2 bridgehead atoms. The first kappa shape index (κ1) is 38.3. The lowest BCUT2D eigenvalue weighted by molar-refractivity contribution is -0.363. The molecule has 1 heterocycles. The van der Waals surface area contributed by atoms with Gasteiger partial charge in [0.1, 0.15) is 30.3 Å². The van der Waals surface area contributed by atoms with Gasteiger partial charge in [0.2, 0.25) is 0 Å². The van der Waals surface area contributed by atoms with Crippen molar-refractivity contribution in [1.82, 2.24) is 0 Å². The van der Waals surface area contributed by atoms with E-state index in [4.69, 9.17) is 28.4 Å². The first-order valence-electron chi connectivity index (χ1n) is 16.9. The molecule has 11 unspecified atom stereocenters. The van der Waals surface area contributed by atoms with Crippen LogP contribution in [0.2, 0.25) is 0 Å². The van der Waals surface area contributed by atoms with Crippen LogP contribution in [0.1, 0.15) is 91.9 Å². The van der Waals surface area contributed by atoms with E-state index >= 15 is 0 Å². The van der Waals surface area contributed by atoms with E-state index in [-0.39, 0.29) is 5.56 Å². The lowest BCUT2D eigenvalue weighted by Gasteiger charge is -2.66. The van der Waals surface area contributed by atoms with Crippen LogP contribution in [0.15, 0.2) is 30.3 Å². The molecule has 2 N–H and O–H groups in total. The van der Waals surface area contributed by atoms with E-state index in [0.29, 0.717) is 12.8 Å². The summed E-state index contributed by atoms with van der Waals surface area (Å²) in [6.07, 6.45) is -7.68. The van der Waals surface area contributed by atoms with Crippen LogP contribution in [0.4, 0.5) is 0 Å². The maximum absolute atomic E-state index is 14.0. The Morgan fingerprint density at radius 1 is 0.837 bits per heavy atom. The van der Waals surface area contributed by atoms with Gasteiger partial charge in [-0.15, -0.1) is 0 Å². The first-order valence-corrected chi connectivity index (χ1v) is 16.9. The summed E-state index contributed by atoms with van der Waals surface area (Å²) in [4.78, 5) is 66.9. The number of hydrogen-bond acceptors (Lipinski definition) is 13. The maximum atomic E-state index is 14.0. The van der Waals surface area contributed by atoms with Gasteiger partial charge in [-0.2, -0.15) is 0 Å². The Balaban J connectivity index is 2.15. The molecule has 49 heavy (non-hydrogen) atoms. The SMILES string of the molecule is CCC(C)C(=O)OCC12C(OC(C)=O)C(O)CC(C)(O)C13OC(C)(C)C(C(OC(=O)C(C)CC)C2OC(=O)c1ccccc1)C3OC(C)=O. The molecule has 1 saturated heterocycles. The van der Waals surface area contributed by atoms with Crippen LogP contribution in [0.3, 0.4) is 0 Å². The number of benzene rings is 1. The zero-order valence-electron chi connectivity index (χ0n) is 29.7. The minimum absolute atomic E-state index is 0.108. The number of aliphatic hydroxyl groups is 2. The van der Waals surface area contributed by atoms with Gasteiger partial charge in [-0.3, -0.25) is 19.2 Å². The zero-order valence-corrected chi connectivity index (χ0v) is 29.7. The molecule has 11 atom stereocenters. The van der Waals surface area contributed by atoms with E-state index in [1.807, 2.05) is 0 Å². The molecule has 0 aromatic heterocycles. The monoisotopic (exact) mass is 690 g/mol. The Hall–Kier alpha value is -3.55. The van der Waals surface area contributed by atoms with E-state index in [9.17, 15) is 34.2 Å². The van der Waals surface area contributed by atoms with Crippen LogP contribution in [-0.2, 0) is 47.6 Å². The summed E-state index contributed by atoms with van der Waals surface area (Å²) in [5, 5.41) is 24.3. The van der Waals surface area contributed by atoms with Crippen LogP contribution in [0.5, 0.6) is 0 Å². The van der Waals surface area contributed by atoms with Gasteiger partial charge in [0.05, 0.1) is 40.6 Å². The molecule has 13 heteroatoms. The largest absolute Gasteiger partial charge is 0.464 e. The highest BCUT2D eigenvalue weighted by molar-refractivity contribution is 5.89. The Labute approximate surface area is 286 Å². The third-order valence-electron chi connectivity index (χ3n) is 10.6. The molecule has 1 aromatic carbocycles. The molecule has 1 spiro atoms. The number of rotatable bonds is 11. The van der Waals surface area contributed by atoms with Gasteiger partial charge in [0.25, 0.3) is 0 Å². The predicted molar refractivity (Wildman–Crippen MR) is 172 cm³/mol. The van der Waals surface area contributed by atoms with Crippen molar-refractivity contribution in [2.24, 2.45) is 23.2 Å². The second kappa shape index (κ2) is 14.0. The third kappa shape index (κ3) is 6.45. The minimum Gasteiger partial charge on any atom is -0.464 e. The van der Waals surface area contributed by atoms with E-state index in [1.165, 1.54) is 19.1 Å². The second-order valence-electron chi connectivity index (χ2n) is 14.4. The summed E-state index contributed by atoms with van der Waals surface area (Å²) in [7, 11) is 0. The average molecular weight is 691 g/mol. The van der Waals surface area contributed by atoms with Crippen LogP contribution in [0.25, 0.3) is 0 Å². The zero-order chi connectivity index (χ0) is 36.7. The Morgan fingerprint density at radius 3 is 1.94 bits per heavy atom. The molecule has 3 fully saturated rings. The molecule has 272 valence electrons. The van der Waals surface area contributed by atoms with Gasteiger partial charge in [-0.25, -0.2) is 4.79 Å². The lowest BCUT2D eigenvalue weighted by Crippen LogP contribution is -2.85. The highest BCUT2D eigenvalue weighted by atomic mass is 16.6. The molecule has 1 aromatic rings. The number of carbonyl (C=O) groups excluding carboxylic acids is 5. The van der Waals surface area contributed by atoms with Gasteiger partial charge in [0, 0.05) is 20.3 Å². The highest BCUT2D eigenvalue weighted by Crippen LogP contribution is 2.69. The van der Waals surface area contributed by atoms with Crippen LogP contribution >= 0.6 is 0 Å². The molecule has 13 nitrogen and oxygen atoms in total. The van der Waals surface area contributed by atoms with Crippen molar-refractivity contribution in [3.63, 3.8) is 0 Å². The molecule has 2 saturated carbocycles. The number of carbonyl (C=O) groups is 5. The predicted octanol–water partition coefficient (Wildman–Crippen LogP) is 3.30. The minimum atomic E-state index is -2.24. The molecular formula is C36H50O13. The van der Waals surface area contributed by atoms with E-state index in [0.717, 1.165) is 13.8 Å². The normalized spacial score (nSPS) is 35.6. The summed E-state index contributed by atoms with van der Waals surface area (Å²) in [6, 6.07) is 7.94. The number of fused-ring (bicyclic) bond motifs is 1. The molecular weight excluding hydrogens is 640 g/mol. The van der Waals surface area contributed by atoms with Crippen molar-refractivity contribution < 1.29 is 62.6 Å². The number of ether oxygens (including phenoxy) is 6. The van der Waals surface area contributed by atoms with Crippen molar-refractivity contribution in [3.05, 3.63) is 35.9 Å². The van der Waals surface area contributed by atoms with Gasteiger partial charge in [0.15, 0.2) is 11.7 Å². The fourth-order valence-electron chi connectivity index (χ4n) is 8.03. The summed E-state index contributed by atoms with van der Waals surface area (Å²) < 4.78 is 37.3. The maximum Gasteiger partial charge on any atom is 0.338 e. The number of hydrogen-bond donors (Lipinski definition) is 2. The highest BCUT2D eigenvalue weighted by Gasteiger charge is 2.88.